The van der Waals surface area contributed by atoms with Crippen LogP contribution in [0.25, 0.3) is 11.0 Å². The van der Waals surface area contributed by atoms with E-state index in [1.165, 1.54) is 11.8 Å². The van der Waals surface area contributed by atoms with Crippen LogP contribution in [0.1, 0.15) is 21.7 Å². The summed E-state index contributed by atoms with van der Waals surface area (Å²) >= 11 is 1.52. The molecule has 4 aromatic rings. The molecule has 6 heteroatoms. The Bertz CT molecular complexity index is 1200. The number of para-hydroxylation sites is 1. The van der Waals surface area contributed by atoms with Gasteiger partial charge in [0.15, 0.2) is 0 Å². The average Bonchev–Trinajstić information content (AvgIpc) is 3.15. The Balaban J connectivity index is 1.50. The minimum Gasteiger partial charge on any atom is -0.449 e. The molecule has 5 nitrogen and oxygen atoms in total. The van der Waals surface area contributed by atoms with E-state index < -0.39 is 5.91 Å². The van der Waals surface area contributed by atoms with E-state index >= 15 is 0 Å². The van der Waals surface area contributed by atoms with Crippen molar-refractivity contribution >= 4 is 45.9 Å². The van der Waals surface area contributed by atoms with E-state index in [0.29, 0.717) is 22.3 Å². The van der Waals surface area contributed by atoms with E-state index in [1.807, 2.05) is 79.7 Å². The van der Waals surface area contributed by atoms with E-state index in [1.54, 1.807) is 6.07 Å². The number of aryl methyl sites for hydroxylation is 1. The molecule has 0 aliphatic rings. The number of hydrogen-bond donors (Lipinski definition) is 2. The summed E-state index contributed by atoms with van der Waals surface area (Å²) in [5.41, 5.74) is 3.86. The molecular formula is C25H22N2O3S. The largest absolute Gasteiger partial charge is 0.449 e. The molecule has 0 saturated heterocycles. The Morgan fingerprint density at radius 3 is 2.35 bits per heavy atom. The predicted molar refractivity (Wildman–Crippen MR) is 127 cm³/mol. The molecular weight excluding hydrogens is 408 g/mol. The molecule has 0 aliphatic carbocycles. The van der Waals surface area contributed by atoms with Crippen molar-refractivity contribution in [2.75, 3.05) is 16.4 Å². The molecule has 1 aromatic heterocycles. The molecule has 0 spiro atoms. The van der Waals surface area contributed by atoms with Crippen LogP contribution >= 0.6 is 11.8 Å². The normalized spacial score (nSPS) is 10.7. The van der Waals surface area contributed by atoms with Crippen LogP contribution in [0.15, 0.2) is 83.3 Å². The highest BCUT2D eigenvalue weighted by atomic mass is 32.2. The molecule has 0 bridgehead atoms. The zero-order valence-corrected chi connectivity index (χ0v) is 17.9. The molecule has 1 heterocycles. The topological polar surface area (TPSA) is 71.3 Å². The maximum atomic E-state index is 12.9. The fourth-order valence-corrected chi connectivity index (χ4v) is 3.95. The van der Waals surface area contributed by atoms with Gasteiger partial charge in [0.1, 0.15) is 11.3 Å². The van der Waals surface area contributed by atoms with Crippen LogP contribution in [-0.2, 0) is 10.5 Å². The number of furan rings is 1. The van der Waals surface area contributed by atoms with Gasteiger partial charge in [0.05, 0.1) is 5.75 Å². The maximum Gasteiger partial charge on any atom is 0.293 e. The second kappa shape index (κ2) is 9.53. The molecule has 3 aromatic carbocycles. The fourth-order valence-electron chi connectivity index (χ4n) is 3.17. The molecule has 0 aliphatic heterocycles. The Hall–Kier alpha value is -3.51. The second-order valence-corrected chi connectivity index (χ2v) is 8.13. The van der Waals surface area contributed by atoms with Crippen molar-refractivity contribution < 1.29 is 14.0 Å². The van der Waals surface area contributed by atoms with Crippen molar-refractivity contribution in [3.8, 4) is 0 Å². The number of rotatable bonds is 7. The van der Waals surface area contributed by atoms with Gasteiger partial charge in [-0.3, -0.25) is 9.59 Å². The third-order valence-corrected chi connectivity index (χ3v) is 5.72. The Kier molecular flexibility index (Phi) is 6.38. The van der Waals surface area contributed by atoms with Gasteiger partial charge in [-0.2, -0.15) is 0 Å². The molecule has 0 atom stereocenters. The molecule has 2 amide bonds. The number of carbonyl (C=O) groups excluding carboxylic acids is 2. The van der Waals surface area contributed by atoms with E-state index in [-0.39, 0.29) is 17.4 Å². The number of anilines is 2. The molecule has 0 radical (unpaired) electrons. The number of nitrogens with one attached hydrogen (secondary N) is 2. The lowest BCUT2D eigenvalue weighted by Crippen LogP contribution is -2.18. The van der Waals surface area contributed by atoms with Crippen molar-refractivity contribution in [2.45, 2.75) is 12.7 Å². The number of hydrogen-bond acceptors (Lipinski definition) is 4. The summed E-state index contributed by atoms with van der Waals surface area (Å²) in [4.78, 5) is 25.5. The summed E-state index contributed by atoms with van der Waals surface area (Å²) in [6, 6.07) is 24.8. The first-order valence-corrected chi connectivity index (χ1v) is 11.1. The molecule has 0 unspecified atom stereocenters. The van der Waals surface area contributed by atoms with Gasteiger partial charge < -0.3 is 15.1 Å². The maximum absolute atomic E-state index is 12.9. The quantitative estimate of drug-likeness (QED) is 0.385. The van der Waals surface area contributed by atoms with Crippen molar-refractivity contribution in [3.63, 3.8) is 0 Å². The zero-order chi connectivity index (χ0) is 21.6. The van der Waals surface area contributed by atoms with Gasteiger partial charge in [0, 0.05) is 16.8 Å². The molecule has 156 valence electrons. The SMILES string of the molecule is Cc1ccc(NC(=O)c2oc3ccccc3c2NC(=O)CSCc2ccccc2)cc1. The van der Waals surface area contributed by atoms with Crippen molar-refractivity contribution in [2.24, 2.45) is 0 Å². The monoisotopic (exact) mass is 430 g/mol. The Morgan fingerprint density at radius 2 is 1.58 bits per heavy atom. The van der Waals surface area contributed by atoms with E-state index in [9.17, 15) is 9.59 Å². The summed E-state index contributed by atoms with van der Waals surface area (Å²) in [5, 5.41) is 6.41. The van der Waals surface area contributed by atoms with Crippen LogP contribution in [0.3, 0.4) is 0 Å². The van der Waals surface area contributed by atoms with E-state index in [2.05, 4.69) is 10.6 Å². The average molecular weight is 431 g/mol. The number of thioether (sulfide) groups is 1. The van der Waals surface area contributed by atoms with Crippen LogP contribution in [0.2, 0.25) is 0 Å². The van der Waals surface area contributed by atoms with Gasteiger partial charge >= 0.3 is 0 Å². The summed E-state index contributed by atoms with van der Waals surface area (Å²) in [5.74, 6) is 0.501. The van der Waals surface area contributed by atoms with Crippen LogP contribution < -0.4 is 10.6 Å². The smallest absolute Gasteiger partial charge is 0.293 e. The zero-order valence-electron chi connectivity index (χ0n) is 17.1. The number of benzene rings is 3. The highest BCUT2D eigenvalue weighted by Crippen LogP contribution is 2.31. The molecule has 31 heavy (non-hydrogen) atoms. The van der Waals surface area contributed by atoms with Gasteiger partial charge in [-0.05, 0) is 36.8 Å². The van der Waals surface area contributed by atoms with Crippen LogP contribution in [0, 0.1) is 6.92 Å². The third-order valence-electron chi connectivity index (χ3n) is 4.72. The van der Waals surface area contributed by atoms with Crippen LogP contribution in [-0.4, -0.2) is 17.6 Å². The summed E-state index contributed by atoms with van der Waals surface area (Å²) < 4.78 is 5.80. The van der Waals surface area contributed by atoms with Crippen LogP contribution in [0.4, 0.5) is 11.4 Å². The van der Waals surface area contributed by atoms with Crippen molar-refractivity contribution in [1.82, 2.24) is 0 Å². The molecule has 0 saturated carbocycles. The van der Waals surface area contributed by atoms with Gasteiger partial charge in [-0.1, -0.05) is 60.2 Å². The first-order valence-electron chi connectivity index (χ1n) is 9.91. The third kappa shape index (κ3) is 5.16. The summed E-state index contributed by atoms with van der Waals surface area (Å²) in [7, 11) is 0. The standard InChI is InChI=1S/C25H22N2O3S/c1-17-11-13-19(14-12-17)26-25(29)24-23(20-9-5-6-10-21(20)30-24)27-22(28)16-31-15-18-7-3-2-4-8-18/h2-14H,15-16H2,1H3,(H,26,29)(H,27,28). The first kappa shape index (κ1) is 20.8. The highest BCUT2D eigenvalue weighted by molar-refractivity contribution is 7.99. The molecule has 2 N–H and O–H groups in total. The first-order chi connectivity index (χ1) is 15.1. The molecule has 0 fully saturated rings. The molecule has 4 rings (SSSR count). The van der Waals surface area contributed by atoms with Gasteiger partial charge in [0.25, 0.3) is 5.91 Å². The van der Waals surface area contributed by atoms with Gasteiger partial charge in [-0.25, -0.2) is 0 Å². The van der Waals surface area contributed by atoms with E-state index in [0.717, 1.165) is 16.9 Å². The number of amides is 2. The summed E-state index contributed by atoms with van der Waals surface area (Å²) in [6.45, 7) is 1.98. The van der Waals surface area contributed by atoms with Crippen molar-refractivity contribution in [3.05, 3.63) is 95.7 Å². The van der Waals surface area contributed by atoms with E-state index in [4.69, 9.17) is 4.42 Å². The summed E-state index contributed by atoms with van der Waals surface area (Å²) in [6.07, 6.45) is 0. The van der Waals surface area contributed by atoms with Crippen molar-refractivity contribution in [1.29, 1.82) is 0 Å². The lowest BCUT2D eigenvalue weighted by atomic mass is 10.2. The number of fused-ring (bicyclic) bond motifs is 1. The van der Waals surface area contributed by atoms with Crippen LogP contribution in [0.5, 0.6) is 0 Å². The minimum atomic E-state index is -0.410. The van der Waals surface area contributed by atoms with Gasteiger partial charge in [0.2, 0.25) is 11.7 Å². The van der Waals surface area contributed by atoms with Gasteiger partial charge in [-0.15, -0.1) is 11.8 Å². The Labute approximate surface area is 184 Å². The lowest BCUT2D eigenvalue weighted by molar-refractivity contribution is -0.113. The Morgan fingerprint density at radius 1 is 0.871 bits per heavy atom. The minimum absolute atomic E-state index is 0.0863. The second-order valence-electron chi connectivity index (χ2n) is 7.15. The highest BCUT2D eigenvalue weighted by Gasteiger charge is 2.22. The number of carbonyl (C=O) groups is 2. The predicted octanol–water partition coefficient (Wildman–Crippen LogP) is 5.87. The lowest BCUT2D eigenvalue weighted by Gasteiger charge is -2.08. The fraction of sp³-hybridized carbons (Fsp3) is 0.120.